The molecule has 0 aliphatic heterocycles. The zero-order valence-corrected chi connectivity index (χ0v) is 12.6. The fourth-order valence-corrected chi connectivity index (χ4v) is 2.51. The van der Waals surface area contributed by atoms with E-state index in [9.17, 15) is 13.9 Å². The average molecular weight is 341 g/mol. The lowest BCUT2D eigenvalue weighted by atomic mass is 9.99. The molecule has 0 saturated heterocycles. The van der Waals surface area contributed by atoms with E-state index in [1.165, 1.54) is 6.07 Å². The molecule has 2 rings (SSSR count). The molecule has 2 aromatic carbocycles. The zero-order chi connectivity index (χ0) is 14.7. The van der Waals surface area contributed by atoms with Crippen LogP contribution >= 0.6 is 15.9 Å². The van der Waals surface area contributed by atoms with Gasteiger partial charge in [0.25, 0.3) is 0 Å². The summed E-state index contributed by atoms with van der Waals surface area (Å²) in [6, 6.07) is 10.3. The Labute approximate surface area is 125 Å². The second kappa shape index (κ2) is 6.46. The number of aliphatic hydroxyl groups excluding tert-OH is 1. The Kier molecular flexibility index (Phi) is 4.89. The first-order chi connectivity index (χ1) is 9.49. The Hall–Kier alpha value is -1.26. The van der Waals surface area contributed by atoms with Crippen molar-refractivity contribution < 1.29 is 13.9 Å². The number of hydrogen-bond acceptors (Lipinski definition) is 1. The molecule has 2 aromatic rings. The summed E-state index contributed by atoms with van der Waals surface area (Å²) >= 11 is 3.00. The molecule has 0 aromatic heterocycles. The minimum absolute atomic E-state index is 0.156. The van der Waals surface area contributed by atoms with Crippen LogP contribution in [0.3, 0.4) is 0 Å². The Morgan fingerprint density at radius 3 is 2.65 bits per heavy atom. The second-order valence-corrected chi connectivity index (χ2v) is 5.65. The largest absolute Gasteiger partial charge is 0.388 e. The lowest BCUT2D eigenvalue weighted by Gasteiger charge is -2.14. The van der Waals surface area contributed by atoms with Crippen molar-refractivity contribution in [3.8, 4) is 0 Å². The van der Waals surface area contributed by atoms with E-state index in [1.807, 2.05) is 31.2 Å². The van der Waals surface area contributed by atoms with Crippen LogP contribution in [0, 0.1) is 18.6 Å². The molecule has 0 fully saturated rings. The molecule has 0 saturated carbocycles. The molecule has 0 heterocycles. The van der Waals surface area contributed by atoms with E-state index in [4.69, 9.17) is 0 Å². The highest BCUT2D eigenvalue weighted by atomic mass is 79.9. The summed E-state index contributed by atoms with van der Waals surface area (Å²) in [5.41, 5.74) is 1.89. The molecule has 1 atom stereocenters. The lowest BCUT2D eigenvalue weighted by Crippen LogP contribution is -2.06. The molecule has 1 N–H and O–H groups in total. The summed E-state index contributed by atoms with van der Waals surface area (Å²) in [7, 11) is 0. The number of rotatable bonds is 4. The van der Waals surface area contributed by atoms with Gasteiger partial charge in [-0.3, -0.25) is 0 Å². The van der Waals surface area contributed by atoms with Gasteiger partial charge in [-0.15, -0.1) is 0 Å². The molecule has 0 spiro atoms. The number of aryl methyl sites for hydroxylation is 2. The number of halogens is 3. The van der Waals surface area contributed by atoms with Gasteiger partial charge in [-0.1, -0.05) is 29.8 Å². The van der Waals surface area contributed by atoms with E-state index in [0.29, 0.717) is 6.42 Å². The molecule has 0 bridgehead atoms. The normalized spacial score (nSPS) is 12.4. The number of benzene rings is 2. The van der Waals surface area contributed by atoms with Crippen molar-refractivity contribution in [2.75, 3.05) is 0 Å². The van der Waals surface area contributed by atoms with Gasteiger partial charge >= 0.3 is 0 Å². The van der Waals surface area contributed by atoms with Crippen molar-refractivity contribution in [2.24, 2.45) is 0 Å². The summed E-state index contributed by atoms with van der Waals surface area (Å²) in [5, 5.41) is 10.0. The fraction of sp³-hybridized carbons (Fsp3) is 0.250. The quantitative estimate of drug-likeness (QED) is 0.799. The van der Waals surface area contributed by atoms with Crippen LogP contribution in [0.2, 0.25) is 0 Å². The fourth-order valence-electron chi connectivity index (χ4n) is 2.16. The Bertz CT molecular complexity index is 613. The van der Waals surface area contributed by atoms with Gasteiger partial charge in [-0.25, -0.2) is 8.78 Å². The highest BCUT2D eigenvalue weighted by molar-refractivity contribution is 9.10. The van der Waals surface area contributed by atoms with E-state index >= 15 is 0 Å². The van der Waals surface area contributed by atoms with Crippen LogP contribution in [0.5, 0.6) is 0 Å². The zero-order valence-electron chi connectivity index (χ0n) is 11.0. The second-order valence-electron chi connectivity index (χ2n) is 4.80. The third kappa shape index (κ3) is 3.44. The van der Waals surface area contributed by atoms with Gasteiger partial charge < -0.3 is 5.11 Å². The minimum atomic E-state index is -1.16. The highest BCUT2D eigenvalue weighted by Gasteiger charge is 2.19. The van der Waals surface area contributed by atoms with Crippen LogP contribution in [0.25, 0.3) is 0 Å². The van der Waals surface area contributed by atoms with E-state index in [1.54, 1.807) is 0 Å². The van der Waals surface area contributed by atoms with Crippen molar-refractivity contribution >= 4 is 15.9 Å². The smallest absolute Gasteiger partial charge is 0.146 e. The third-order valence-electron chi connectivity index (χ3n) is 3.20. The summed E-state index contributed by atoms with van der Waals surface area (Å²) < 4.78 is 27.7. The van der Waals surface area contributed by atoms with Crippen LogP contribution < -0.4 is 0 Å². The van der Waals surface area contributed by atoms with Gasteiger partial charge in [0, 0.05) is 0 Å². The standard InChI is InChI=1S/C16H15BrF2O/c1-10-3-2-4-11(9-10)5-8-14(20)15-13(18)7-6-12(17)16(15)19/h2-4,6-7,9,14,20H,5,8H2,1H3. The lowest BCUT2D eigenvalue weighted by molar-refractivity contribution is 0.158. The maximum absolute atomic E-state index is 13.9. The van der Waals surface area contributed by atoms with Gasteiger partial charge in [-0.05, 0) is 53.4 Å². The topological polar surface area (TPSA) is 20.2 Å². The first kappa shape index (κ1) is 15.1. The molecule has 0 amide bonds. The molecule has 106 valence electrons. The SMILES string of the molecule is Cc1cccc(CCC(O)c2c(F)ccc(Br)c2F)c1. The third-order valence-corrected chi connectivity index (χ3v) is 3.81. The number of hydrogen-bond donors (Lipinski definition) is 1. The Balaban J connectivity index is 2.13. The minimum Gasteiger partial charge on any atom is -0.388 e. The predicted octanol–water partition coefficient (Wildman–Crippen LogP) is 4.70. The van der Waals surface area contributed by atoms with Crippen molar-refractivity contribution in [1.29, 1.82) is 0 Å². The summed E-state index contributed by atoms with van der Waals surface area (Å²) in [6.45, 7) is 1.98. The van der Waals surface area contributed by atoms with Crippen molar-refractivity contribution in [3.63, 3.8) is 0 Å². The van der Waals surface area contributed by atoms with Crippen LogP contribution in [0.1, 0.15) is 29.2 Å². The Morgan fingerprint density at radius 2 is 1.95 bits per heavy atom. The first-order valence-electron chi connectivity index (χ1n) is 6.36. The molecular formula is C16H15BrF2O. The summed E-state index contributed by atoms with van der Waals surface area (Å²) in [4.78, 5) is 0. The molecule has 0 aliphatic carbocycles. The van der Waals surface area contributed by atoms with Gasteiger partial charge in [0.05, 0.1) is 16.1 Å². The molecule has 4 heteroatoms. The van der Waals surface area contributed by atoms with Crippen LogP contribution in [-0.2, 0) is 6.42 Å². The first-order valence-corrected chi connectivity index (χ1v) is 7.15. The predicted molar refractivity (Wildman–Crippen MR) is 78.5 cm³/mol. The van der Waals surface area contributed by atoms with Crippen molar-refractivity contribution in [2.45, 2.75) is 25.9 Å². The van der Waals surface area contributed by atoms with Gasteiger partial charge in [-0.2, -0.15) is 0 Å². The molecule has 0 radical (unpaired) electrons. The maximum Gasteiger partial charge on any atom is 0.146 e. The molecular weight excluding hydrogens is 326 g/mol. The van der Waals surface area contributed by atoms with Crippen LogP contribution in [-0.4, -0.2) is 5.11 Å². The number of aliphatic hydroxyl groups is 1. The van der Waals surface area contributed by atoms with Crippen LogP contribution in [0.15, 0.2) is 40.9 Å². The molecule has 20 heavy (non-hydrogen) atoms. The van der Waals surface area contributed by atoms with Gasteiger partial charge in [0.1, 0.15) is 11.6 Å². The average Bonchev–Trinajstić information content (AvgIpc) is 2.41. The Morgan fingerprint density at radius 1 is 1.20 bits per heavy atom. The van der Waals surface area contributed by atoms with Crippen LogP contribution in [0.4, 0.5) is 8.78 Å². The monoisotopic (exact) mass is 340 g/mol. The van der Waals surface area contributed by atoms with E-state index in [-0.39, 0.29) is 16.5 Å². The van der Waals surface area contributed by atoms with Gasteiger partial charge in [0.15, 0.2) is 0 Å². The molecule has 1 unspecified atom stereocenters. The van der Waals surface area contributed by atoms with E-state index in [0.717, 1.165) is 17.2 Å². The van der Waals surface area contributed by atoms with Crippen molar-refractivity contribution in [3.05, 3.63) is 69.2 Å². The van der Waals surface area contributed by atoms with Crippen molar-refractivity contribution in [1.82, 2.24) is 0 Å². The van der Waals surface area contributed by atoms with E-state index < -0.39 is 17.7 Å². The molecule has 1 nitrogen and oxygen atoms in total. The molecule has 0 aliphatic rings. The van der Waals surface area contributed by atoms with Gasteiger partial charge in [0.2, 0.25) is 0 Å². The highest BCUT2D eigenvalue weighted by Crippen LogP contribution is 2.29. The summed E-state index contributed by atoms with van der Waals surface area (Å²) in [6.07, 6.45) is -0.324. The van der Waals surface area contributed by atoms with E-state index in [2.05, 4.69) is 15.9 Å². The maximum atomic E-state index is 13.9. The summed E-state index contributed by atoms with van der Waals surface area (Å²) in [5.74, 6) is -1.45.